The number of nitrogens with one attached hydrogen (secondary N) is 1. The fourth-order valence-corrected chi connectivity index (χ4v) is 2.22. The molecule has 3 heteroatoms. The van der Waals surface area contributed by atoms with Gasteiger partial charge in [-0.1, -0.05) is 36.4 Å². The lowest BCUT2D eigenvalue weighted by atomic mass is 10.1. The van der Waals surface area contributed by atoms with Gasteiger partial charge in [0.25, 0.3) is 0 Å². The van der Waals surface area contributed by atoms with Crippen molar-refractivity contribution in [1.29, 1.82) is 0 Å². The molecule has 20 heavy (non-hydrogen) atoms. The molecule has 0 radical (unpaired) electrons. The maximum absolute atomic E-state index is 13.6. The van der Waals surface area contributed by atoms with Crippen molar-refractivity contribution >= 4 is 16.7 Å². The molecule has 0 fully saturated rings. The Labute approximate surface area is 117 Å². The average molecular weight is 266 g/mol. The molecule has 1 N–H and O–H groups in total. The van der Waals surface area contributed by atoms with Crippen molar-refractivity contribution < 1.29 is 4.39 Å². The van der Waals surface area contributed by atoms with Gasteiger partial charge in [0.1, 0.15) is 11.6 Å². The smallest absolute Gasteiger partial charge is 0.129 e. The number of para-hydroxylation sites is 1. The first-order chi connectivity index (χ1) is 9.74. The van der Waals surface area contributed by atoms with Gasteiger partial charge in [0, 0.05) is 17.5 Å². The Kier molecular flexibility index (Phi) is 3.33. The minimum absolute atomic E-state index is 0.196. The Bertz CT molecular complexity index is 753. The Morgan fingerprint density at radius 2 is 1.80 bits per heavy atom. The largest absolute Gasteiger partial charge is 0.366 e. The zero-order chi connectivity index (χ0) is 13.9. The summed E-state index contributed by atoms with van der Waals surface area (Å²) < 4.78 is 13.6. The number of benzene rings is 2. The van der Waals surface area contributed by atoms with E-state index in [1.54, 1.807) is 12.1 Å². The van der Waals surface area contributed by atoms with Gasteiger partial charge >= 0.3 is 0 Å². The van der Waals surface area contributed by atoms with Crippen molar-refractivity contribution in [1.82, 2.24) is 4.98 Å². The fourth-order valence-electron chi connectivity index (χ4n) is 2.22. The SMILES string of the molecule is Cc1cc2ccccc2nc1NCc1ccccc1F. The zero-order valence-corrected chi connectivity index (χ0v) is 11.2. The molecule has 1 heterocycles. The summed E-state index contributed by atoms with van der Waals surface area (Å²) in [6.07, 6.45) is 0. The maximum Gasteiger partial charge on any atom is 0.129 e. The van der Waals surface area contributed by atoms with Gasteiger partial charge in [-0.25, -0.2) is 9.37 Å². The normalized spacial score (nSPS) is 10.7. The van der Waals surface area contributed by atoms with Crippen LogP contribution in [0.4, 0.5) is 10.2 Å². The molecule has 0 atom stereocenters. The first-order valence-electron chi connectivity index (χ1n) is 6.58. The van der Waals surface area contributed by atoms with E-state index in [9.17, 15) is 4.39 Å². The van der Waals surface area contributed by atoms with E-state index in [2.05, 4.69) is 16.4 Å². The molecule has 1 aromatic heterocycles. The summed E-state index contributed by atoms with van der Waals surface area (Å²) in [5.41, 5.74) is 2.64. The molecule has 3 rings (SSSR count). The highest BCUT2D eigenvalue weighted by atomic mass is 19.1. The van der Waals surface area contributed by atoms with Crippen LogP contribution in [0.1, 0.15) is 11.1 Å². The third-order valence-electron chi connectivity index (χ3n) is 3.32. The highest BCUT2D eigenvalue weighted by Crippen LogP contribution is 2.20. The van der Waals surface area contributed by atoms with E-state index >= 15 is 0 Å². The number of pyridine rings is 1. The second-order valence-electron chi connectivity index (χ2n) is 4.79. The van der Waals surface area contributed by atoms with Crippen LogP contribution in [-0.4, -0.2) is 4.98 Å². The minimum atomic E-state index is -0.196. The number of hydrogen-bond acceptors (Lipinski definition) is 2. The van der Waals surface area contributed by atoms with E-state index in [4.69, 9.17) is 0 Å². The molecule has 0 amide bonds. The second-order valence-corrected chi connectivity index (χ2v) is 4.79. The Morgan fingerprint density at radius 3 is 2.65 bits per heavy atom. The number of halogens is 1. The summed E-state index contributed by atoms with van der Waals surface area (Å²) in [5.74, 6) is 0.602. The van der Waals surface area contributed by atoms with E-state index in [-0.39, 0.29) is 5.82 Å². The van der Waals surface area contributed by atoms with Crippen LogP contribution in [0.2, 0.25) is 0 Å². The summed E-state index contributed by atoms with van der Waals surface area (Å²) in [5, 5.41) is 4.32. The molecule has 0 aliphatic carbocycles. The molecule has 2 nitrogen and oxygen atoms in total. The van der Waals surface area contributed by atoms with Crippen LogP contribution in [0.15, 0.2) is 54.6 Å². The summed E-state index contributed by atoms with van der Waals surface area (Å²) in [6.45, 7) is 2.43. The molecule has 2 aromatic carbocycles. The number of anilines is 1. The Balaban J connectivity index is 1.87. The van der Waals surface area contributed by atoms with Crippen molar-refractivity contribution in [2.75, 3.05) is 5.32 Å². The second kappa shape index (κ2) is 5.29. The van der Waals surface area contributed by atoms with E-state index in [1.807, 2.05) is 37.3 Å². The zero-order valence-electron chi connectivity index (χ0n) is 11.2. The average Bonchev–Trinajstić information content (AvgIpc) is 2.46. The lowest BCUT2D eigenvalue weighted by Gasteiger charge is -2.10. The van der Waals surface area contributed by atoms with Crippen molar-refractivity contribution in [2.24, 2.45) is 0 Å². The third kappa shape index (κ3) is 2.48. The van der Waals surface area contributed by atoms with Crippen molar-refractivity contribution in [2.45, 2.75) is 13.5 Å². The molecule has 0 unspecified atom stereocenters. The van der Waals surface area contributed by atoms with Crippen LogP contribution in [0.25, 0.3) is 10.9 Å². The highest BCUT2D eigenvalue weighted by Gasteiger charge is 2.05. The van der Waals surface area contributed by atoms with E-state index in [1.165, 1.54) is 6.07 Å². The Hall–Kier alpha value is -2.42. The van der Waals surface area contributed by atoms with Gasteiger partial charge in [-0.15, -0.1) is 0 Å². The molecule has 0 bridgehead atoms. The van der Waals surface area contributed by atoms with Gasteiger partial charge in [-0.05, 0) is 30.7 Å². The number of rotatable bonds is 3. The quantitative estimate of drug-likeness (QED) is 0.764. The molecular weight excluding hydrogens is 251 g/mol. The van der Waals surface area contributed by atoms with Crippen molar-refractivity contribution in [3.8, 4) is 0 Å². The highest BCUT2D eigenvalue weighted by molar-refractivity contribution is 5.81. The van der Waals surface area contributed by atoms with Crippen LogP contribution < -0.4 is 5.32 Å². The molecule has 0 saturated carbocycles. The number of hydrogen-bond donors (Lipinski definition) is 1. The summed E-state index contributed by atoms with van der Waals surface area (Å²) in [7, 11) is 0. The van der Waals surface area contributed by atoms with Crippen LogP contribution in [0.5, 0.6) is 0 Å². The first-order valence-corrected chi connectivity index (χ1v) is 6.58. The van der Waals surface area contributed by atoms with E-state index < -0.39 is 0 Å². The van der Waals surface area contributed by atoms with Crippen LogP contribution in [-0.2, 0) is 6.54 Å². The van der Waals surface area contributed by atoms with E-state index in [0.29, 0.717) is 12.1 Å². The lowest BCUT2D eigenvalue weighted by molar-refractivity contribution is 0.613. The lowest BCUT2D eigenvalue weighted by Crippen LogP contribution is -2.05. The number of aryl methyl sites for hydroxylation is 1. The number of fused-ring (bicyclic) bond motifs is 1. The van der Waals surface area contributed by atoms with Gasteiger partial charge in [-0.2, -0.15) is 0 Å². The van der Waals surface area contributed by atoms with Crippen LogP contribution in [0.3, 0.4) is 0 Å². The van der Waals surface area contributed by atoms with Gasteiger partial charge in [0.05, 0.1) is 5.52 Å². The van der Waals surface area contributed by atoms with Gasteiger partial charge in [-0.3, -0.25) is 0 Å². The maximum atomic E-state index is 13.6. The molecule has 0 aliphatic heterocycles. The molecule has 0 aliphatic rings. The van der Waals surface area contributed by atoms with Gasteiger partial charge < -0.3 is 5.32 Å². The third-order valence-corrected chi connectivity index (χ3v) is 3.32. The molecule has 0 saturated heterocycles. The fraction of sp³-hybridized carbons (Fsp3) is 0.118. The Morgan fingerprint density at radius 1 is 1.05 bits per heavy atom. The predicted molar refractivity (Wildman–Crippen MR) is 80.2 cm³/mol. The van der Waals surface area contributed by atoms with Crippen molar-refractivity contribution in [3.05, 3.63) is 71.5 Å². The van der Waals surface area contributed by atoms with Gasteiger partial charge in [0.2, 0.25) is 0 Å². The van der Waals surface area contributed by atoms with Crippen LogP contribution in [0, 0.1) is 12.7 Å². The van der Waals surface area contributed by atoms with E-state index in [0.717, 1.165) is 22.3 Å². The number of nitrogens with zero attached hydrogens (tertiary/aromatic N) is 1. The molecule has 100 valence electrons. The summed E-state index contributed by atoms with van der Waals surface area (Å²) in [4.78, 5) is 4.59. The standard InChI is InChI=1S/C17H15FN2/c1-12-10-13-6-3-5-9-16(13)20-17(12)19-11-14-7-2-4-8-15(14)18/h2-10H,11H2,1H3,(H,19,20). The summed E-state index contributed by atoms with van der Waals surface area (Å²) >= 11 is 0. The molecular formula is C17H15FN2. The minimum Gasteiger partial charge on any atom is -0.366 e. The summed E-state index contributed by atoms with van der Waals surface area (Å²) in [6, 6.07) is 16.8. The van der Waals surface area contributed by atoms with Crippen molar-refractivity contribution in [3.63, 3.8) is 0 Å². The monoisotopic (exact) mass is 266 g/mol. The molecule has 0 spiro atoms. The van der Waals surface area contributed by atoms with Crippen LogP contribution >= 0.6 is 0 Å². The first kappa shape index (κ1) is 12.6. The topological polar surface area (TPSA) is 24.9 Å². The molecule has 3 aromatic rings. The van der Waals surface area contributed by atoms with Gasteiger partial charge in [0.15, 0.2) is 0 Å². The predicted octanol–water partition coefficient (Wildman–Crippen LogP) is 4.29. The number of aromatic nitrogens is 1.